The van der Waals surface area contributed by atoms with Crippen LogP contribution in [0.2, 0.25) is 0 Å². The van der Waals surface area contributed by atoms with Gasteiger partial charge in [0.1, 0.15) is 5.41 Å². The molecule has 0 saturated carbocycles. The second-order valence-electron chi connectivity index (χ2n) is 5.79. The molecule has 0 aliphatic rings. The summed E-state index contributed by atoms with van der Waals surface area (Å²) in [5.74, 6) is 0. The third-order valence-electron chi connectivity index (χ3n) is 4.41. The molecule has 0 spiro atoms. The molecule has 0 heterocycles. The van der Waals surface area contributed by atoms with E-state index < -0.39 is 11.6 Å². The molecule has 7 heteroatoms. The van der Waals surface area contributed by atoms with Crippen molar-refractivity contribution in [3.63, 3.8) is 0 Å². The molecule has 2 aromatic rings. The van der Waals surface area contributed by atoms with Crippen molar-refractivity contribution in [1.82, 2.24) is 0 Å². The lowest BCUT2D eigenvalue weighted by molar-refractivity contribution is -0.173. The number of halogens is 3. The molecule has 0 saturated heterocycles. The van der Waals surface area contributed by atoms with E-state index in [0.29, 0.717) is 11.3 Å². The fourth-order valence-corrected chi connectivity index (χ4v) is 2.69. The van der Waals surface area contributed by atoms with Crippen LogP contribution in [0, 0.1) is 0 Å². The standard InChI is InChI=1S/C17H21F3N4/c1-16(17(18,19)20,11-4-3-10(9-21)13(22)7-11)12-5-6-15(24-2)14(23)8-12/h3-8,24H,9,21-23H2,1-2H3. The lowest BCUT2D eigenvalue weighted by atomic mass is 9.75. The van der Waals surface area contributed by atoms with Gasteiger partial charge >= 0.3 is 6.18 Å². The van der Waals surface area contributed by atoms with Gasteiger partial charge in [-0.3, -0.25) is 0 Å². The number of nitrogen functional groups attached to an aromatic ring is 2. The van der Waals surface area contributed by atoms with Gasteiger partial charge in [0.15, 0.2) is 0 Å². The molecule has 24 heavy (non-hydrogen) atoms. The van der Waals surface area contributed by atoms with Crippen molar-refractivity contribution in [3.8, 4) is 0 Å². The van der Waals surface area contributed by atoms with Crippen LogP contribution in [0.25, 0.3) is 0 Å². The van der Waals surface area contributed by atoms with Crippen LogP contribution in [-0.4, -0.2) is 13.2 Å². The van der Waals surface area contributed by atoms with Gasteiger partial charge < -0.3 is 22.5 Å². The topological polar surface area (TPSA) is 90.1 Å². The molecule has 2 aromatic carbocycles. The van der Waals surface area contributed by atoms with E-state index in [-0.39, 0.29) is 29.0 Å². The van der Waals surface area contributed by atoms with Crippen molar-refractivity contribution >= 4 is 17.1 Å². The first kappa shape index (κ1) is 17.9. The van der Waals surface area contributed by atoms with Crippen LogP contribution in [0.1, 0.15) is 23.6 Å². The zero-order chi connectivity index (χ0) is 18.1. The van der Waals surface area contributed by atoms with E-state index in [2.05, 4.69) is 5.32 Å². The minimum absolute atomic E-state index is 0.0429. The summed E-state index contributed by atoms with van der Waals surface area (Å²) in [5.41, 5.74) is 16.7. The summed E-state index contributed by atoms with van der Waals surface area (Å²) < 4.78 is 41.9. The van der Waals surface area contributed by atoms with Gasteiger partial charge in [-0.05, 0) is 41.8 Å². The van der Waals surface area contributed by atoms with Gasteiger partial charge in [0.25, 0.3) is 0 Å². The monoisotopic (exact) mass is 338 g/mol. The minimum Gasteiger partial charge on any atom is -0.398 e. The molecule has 7 N–H and O–H groups in total. The van der Waals surface area contributed by atoms with Gasteiger partial charge in [-0.2, -0.15) is 13.2 Å². The molecule has 130 valence electrons. The Labute approximate surface area is 138 Å². The fraction of sp³-hybridized carbons (Fsp3) is 0.294. The molecule has 0 fully saturated rings. The SMILES string of the molecule is CNc1ccc(C(C)(c2ccc(CN)c(N)c2)C(F)(F)F)cc1N. The van der Waals surface area contributed by atoms with Gasteiger partial charge in [0, 0.05) is 19.3 Å². The van der Waals surface area contributed by atoms with E-state index in [1.807, 2.05) is 0 Å². The van der Waals surface area contributed by atoms with E-state index in [0.717, 1.165) is 6.92 Å². The second-order valence-corrected chi connectivity index (χ2v) is 5.79. The summed E-state index contributed by atoms with van der Waals surface area (Å²) in [7, 11) is 1.65. The van der Waals surface area contributed by atoms with Crippen molar-refractivity contribution in [2.45, 2.75) is 25.1 Å². The molecule has 4 nitrogen and oxygen atoms in total. The number of hydrogen-bond acceptors (Lipinski definition) is 4. The Balaban J connectivity index is 2.68. The van der Waals surface area contributed by atoms with Crippen molar-refractivity contribution in [2.24, 2.45) is 5.73 Å². The van der Waals surface area contributed by atoms with Crippen LogP contribution in [0.15, 0.2) is 36.4 Å². The number of rotatable bonds is 4. The molecule has 1 unspecified atom stereocenters. The predicted octanol–water partition coefficient (Wildman–Crippen LogP) is 3.22. The molecule has 0 radical (unpaired) electrons. The zero-order valence-corrected chi connectivity index (χ0v) is 13.5. The number of anilines is 3. The lowest BCUT2D eigenvalue weighted by Gasteiger charge is -2.34. The fourth-order valence-electron chi connectivity index (χ4n) is 2.69. The second kappa shape index (κ2) is 6.24. The number of benzene rings is 2. The highest BCUT2D eigenvalue weighted by atomic mass is 19.4. The van der Waals surface area contributed by atoms with Gasteiger partial charge in [-0.25, -0.2) is 0 Å². The number of nitrogens with two attached hydrogens (primary N) is 3. The Morgan fingerprint density at radius 2 is 1.50 bits per heavy atom. The summed E-state index contributed by atoms with van der Waals surface area (Å²) in [6, 6.07) is 8.56. The van der Waals surface area contributed by atoms with Gasteiger partial charge in [0.05, 0.1) is 11.4 Å². The first-order valence-electron chi connectivity index (χ1n) is 7.38. The van der Waals surface area contributed by atoms with Crippen molar-refractivity contribution in [3.05, 3.63) is 53.1 Å². The highest BCUT2D eigenvalue weighted by Crippen LogP contribution is 2.47. The maximum atomic E-state index is 14.0. The molecule has 2 rings (SSSR count). The van der Waals surface area contributed by atoms with Crippen LogP contribution in [0.4, 0.5) is 30.2 Å². The van der Waals surface area contributed by atoms with Crippen molar-refractivity contribution in [2.75, 3.05) is 23.8 Å². The van der Waals surface area contributed by atoms with Crippen LogP contribution < -0.4 is 22.5 Å². The molecule has 1 atom stereocenters. The van der Waals surface area contributed by atoms with Crippen LogP contribution in [0.5, 0.6) is 0 Å². The Morgan fingerprint density at radius 1 is 0.958 bits per heavy atom. The third kappa shape index (κ3) is 2.87. The Hall–Kier alpha value is -2.41. The highest BCUT2D eigenvalue weighted by molar-refractivity contribution is 5.68. The first-order chi connectivity index (χ1) is 11.1. The Morgan fingerprint density at radius 3 is 1.92 bits per heavy atom. The van der Waals surface area contributed by atoms with Crippen LogP contribution in [0.3, 0.4) is 0 Å². The van der Waals surface area contributed by atoms with Crippen molar-refractivity contribution in [1.29, 1.82) is 0 Å². The minimum atomic E-state index is -4.53. The largest absolute Gasteiger partial charge is 0.402 e. The smallest absolute Gasteiger partial charge is 0.398 e. The van der Waals surface area contributed by atoms with E-state index in [9.17, 15) is 13.2 Å². The van der Waals surface area contributed by atoms with E-state index in [4.69, 9.17) is 17.2 Å². The van der Waals surface area contributed by atoms with Crippen molar-refractivity contribution < 1.29 is 13.2 Å². The molecule has 0 bridgehead atoms. The van der Waals surface area contributed by atoms with Crippen LogP contribution in [-0.2, 0) is 12.0 Å². The maximum Gasteiger partial charge on any atom is 0.402 e. The average molecular weight is 338 g/mol. The Kier molecular flexibility index (Phi) is 4.66. The number of nitrogens with one attached hydrogen (secondary N) is 1. The van der Waals surface area contributed by atoms with Gasteiger partial charge in [-0.1, -0.05) is 18.2 Å². The summed E-state index contributed by atoms with van der Waals surface area (Å²) >= 11 is 0. The quantitative estimate of drug-likeness (QED) is 0.644. The molecule has 0 amide bonds. The zero-order valence-electron chi connectivity index (χ0n) is 13.5. The highest BCUT2D eigenvalue weighted by Gasteiger charge is 2.53. The van der Waals surface area contributed by atoms with Crippen LogP contribution >= 0.6 is 0 Å². The van der Waals surface area contributed by atoms with E-state index in [1.165, 1.54) is 36.4 Å². The summed E-state index contributed by atoms with van der Waals surface area (Å²) in [4.78, 5) is 0. The normalized spacial score (nSPS) is 14.2. The van der Waals surface area contributed by atoms with E-state index >= 15 is 0 Å². The van der Waals surface area contributed by atoms with Gasteiger partial charge in [0.2, 0.25) is 0 Å². The Bertz CT molecular complexity index is 688. The summed E-state index contributed by atoms with van der Waals surface area (Å²) in [6.45, 7) is 1.29. The predicted molar refractivity (Wildman–Crippen MR) is 91.7 cm³/mol. The average Bonchev–Trinajstić information content (AvgIpc) is 2.52. The molecular weight excluding hydrogens is 317 g/mol. The van der Waals surface area contributed by atoms with E-state index in [1.54, 1.807) is 7.05 Å². The number of alkyl halides is 3. The molecule has 0 aliphatic carbocycles. The molecular formula is C17H21F3N4. The molecule has 0 aromatic heterocycles. The summed E-state index contributed by atoms with van der Waals surface area (Å²) in [5, 5.41) is 2.84. The molecule has 0 aliphatic heterocycles. The third-order valence-corrected chi connectivity index (χ3v) is 4.41. The lowest BCUT2D eigenvalue weighted by Crippen LogP contribution is -2.40. The van der Waals surface area contributed by atoms with Gasteiger partial charge in [-0.15, -0.1) is 0 Å². The first-order valence-corrected chi connectivity index (χ1v) is 7.38. The number of hydrogen-bond donors (Lipinski definition) is 4. The maximum absolute atomic E-state index is 14.0. The summed E-state index contributed by atoms with van der Waals surface area (Å²) in [6.07, 6.45) is -4.53.